The molecule has 182 valence electrons. The quantitative estimate of drug-likeness (QED) is 0.567. The Morgan fingerprint density at radius 1 is 1.17 bits per heavy atom. The molecule has 2 aliphatic carbocycles. The third-order valence-electron chi connectivity index (χ3n) is 9.24. The van der Waals surface area contributed by atoms with Gasteiger partial charge < -0.3 is 9.80 Å². The van der Waals surface area contributed by atoms with Crippen LogP contribution in [0.4, 0.5) is 5.82 Å². The fourth-order valence-corrected chi connectivity index (χ4v) is 7.00. The number of fused-ring (bicyclic) bond motifs is 2. The molecule has 4 heterocycles. The number of anilines is 1. The molecule has 0 radical (unpaired) electrons. The van der Waals surface area contributed by atoms with Gasteiger partial charge in [-0.05, 0) is 79.7 Å². The molecule has 1 N–H and O–H groups in total. The van der Waals surface area contributed by atoms with Gasteiger partial charge >= 0.3 is 0 Å². The van der Waals surface area contributed by atoms with Gasteiger partial charge in [0.1, 0.15) is 17.5 Å². The van der Waals surface area contributed by atoms with Gasteiger partial charge in [-0.15, -0.1) is 0 Å². The second kappa shape index (κ2) is 7.42. The van der Waals surface area contributed by atoms with Crippen LogP contribution < -0.4 is 4.90 Å². The Morgan fingerprint density at radius 3 is 2.75 bits per heavy atom. The zero-order valence-electron chi connectivity index (χ0n) is 20.7. The van der Waals surface area contributed by atoms with Crippen LogP contribution >= 0.6 is 0 Å². The Morgan fingerprint density at radius 2 is 2.00 bits per heavy atom. The van der Waals surface area contributed by atoms with Crippen molar-refractivity contribution >= 4 is 22.6 Å². The molecule has 2 spiro atoms. The van der Waals surface area contributed by atoms with Gasteiger partial charge in [-0.25, -0.2) is 4.98 Å². The number of rotatable bonds is 3. The molecule has 1 aromatic carbocycles. The molecular formula is C29H30N6O. The van der Waals surface area contributed by atoms with Gasteiger partial charge in [0.2, 0.25) is 5.91 Å². The van der Waals surface area contributed by atoms with E-state index in [1.807, 2.05) is 11.1 Å². The van der Waals surface area contributed by atoms with Crippen molar-refractivity contribution in [1.29, 1.82) is 5.26 Å². The summed E-state index contributed by atoms with van der Waals surface area (Å²) in [5.74, 6) is 0.826. The highest BCUT2D eigenvalue weighted by Gasteiger charge is 2.50. The second-order valence-electron chi connectivity index (χ2n) is 11.6. The summed E-state index contributed by atoms with van der Waals surface area (Å²) >= 11 is 0. The predicted molar refractivity (Wildman–Crippen MR) is 139 cm³/mol. The van der Waals surface area contributed by atoms with Crippen molar-refractivity contribution in [2.24, 2.45) is 10.8 Å². The number of nitrogens with one attached hydrogen (secondary N) is 1. The largest absolute Gasteiger partial charge is 0.355 e. The first-order valence-corrected chi connectivity index (χ1v) is 13.0. The molecule has 0 atom stereocenters. The fraction of sp³-hybridized carbons (Fsp3) is 0.448. The molecule has 0 unspecified atom stereocenters. The molecular weight excluding hydrogens is 448 g/mol. The Labute approximate surface area is 210 Å². The van der Waals surface area contributed by atoms with Gasteiger partial charge in [-0.1, -0.05) is 12.6 Å². The van der Waals surface area contributed by atoms with Gasteiger partial charge in [0, 0.05) is 48.2 Å². The number of carbonyl (C=O) groups is 1. The zero-order chi connectivity index (χ0) is 24.7. The first-order chi connectivity index (χ1) is 17.4. The van der Waals surface area contributed by atoms with Crippen molar-refractivity contribution in [2.45, 2.75) is 45.4 Å². The molecule has 2 saturated heterocycles. The summed E-state index contributed by atoms with van der Waals surface area (Å²) in [5.41, 5.74) is 7.96. The minimum absolute atomic E-state index is 0.00340. The normalized spacial score (nSPS) is 20.9. The van der Waals surface area contributed by atoms with Crippen LogP contribution in [-0.4, -0.2) is 52.2 Å². The summed E-state index contributed by atoms with van der Waals surface area (Å²) < 4.78 is 0. The summed E-state index contributed by atoms with van der Waals surface area (Å²) in [6.07, 6.45) is 10.0. The number of amides is 1. The molecule has 2 aliphatic heterocycles. The number of benzene rings is 1. The monoisotopic (exact) mass is 478 g/mol. The van der Waals surface area contributed by atoms with Crippen LogP contribution in [0.1, 0.15) is 48.1 Å². The number of nitrogens with zero attached hydrogens (tertiary/aromatic N) is 5. The molecule has 7 rings (SSSR count). The number of hydrogen-bond acceptors (Lipinski definition) is 5. The smallest absolute Gasteiger partial charge is 0.245 e. The van der Waals surface area contributed by atoms with Crippen molar-refractivity contribution in [3.05, 3.63) is 53.4 Å². The minimum Gasteiger partial charge on any atom is -0.355 e. The number of carbonyl (C=O) groups excluding carboxylic acids is 1. The van der Waals surface area contributed by atoms with E-state index in [9.17, 15) is 10.1 Å². The lowest BCUT2D eigenvalue weighted by Crippen LogP contribution is -2.59. The van der Waals surface area contributed by atoms with E-state index in [2.05, 4.69) is 46.8 Å². The Bertz CT molecular complexity index is 1480. The molecule has 3 fully saturated rings. The number of aromatic nitrogens is 3. The van der Waals surface area contributed by atoms with E-state index in [4.69, 9.17) is 4.98 Å². The van der Waals surface area contributed by atoms with E-state index < -0.39 is 0 Å². The number of hydrogen-bond donors (Lipinski definition) is 1. The number of likely N-dealkylation sites (tertiary alicyclic amines) is 1. The van der Waals surface area contributed by atoms with Crippen molar-refractivity contribution < 1.29 is 4.79 Å². The zero-order valence-corrected chi connectivity index (χ0v) is 20.7. The van der Waals surface area contributed by atoms with Crippen molar-refractivity contribution in [1.82, 2.24) is 20.1 Å². The molecule has 7 nitrogen and oxygen atoms in total. The lowest BCUT2D eigenvalue weighted by atomic mass is 9.78. The van der Waals surface area contributed by atoms with Crippen LogP contribution in [0, 0.1) is 29.1 Å². The highest BCUT2D eigenvalue weighted by atomic mass is 16.2. The van der Waals surface area contributed by atoms with Gasteiger partial charge in [0.15, 0.2) is 0 Å². The molecule has 4 aliphatic rings. The van der Waals surface area contributed by atoms with E-state index in [1.54, 1.807) is 0 Å². The highest BCUT2D eigenvalue weighted by Crippen LogP contribution is 2.57. The third kappa shape index (κ3) is 3.06. The van der Waals surface area contributed by atoms with Gasteiger partial charge in [-0.2, -0.15) is 10.4 Å². The van der Waals surface area contributed by atoms with Crippen LogP contribution in [-0.2, 0) is 17.6 Å². The molecule has 1 saturated carbocycles. The highest BCUT2D eigenvalue weighted by molar-refractivity contribution is 5.99. The van der Waals surface area contributed by atoms with Crippen molar-refractivity contribution in [2.75, 3.05) is 31.1 Å². The van der Waals surface area contributed by atoms with E-state index >= 15 is 0 Å². The second-order valence-corrected chi connectivity index (χ2v) is 11.6. The van der Waals surface area contributed by atoms with Crippen LogP contribution in [0.25, 0.3) is 22.0 Å². The van der Waals surface area contributed by atoms with Crippen LogP contribution in [0.15, 0.2) is 31.0 Å². The average molecular weight is 479 g/mol. The number of aryl methyl sites for hydroxylation is 2. The lowest BCUT2D eigenvalue weighted by Gasteiger charge is -2.47. The van der Waals surface area contributed by atoms with E-state index in [1.165, 1.54) is 30.9 Å². The predicted octanol–water partition coefficient (Wildman–Crippen LogP) is 4.30. The molecule has 36 heavy (non-hydrogen) atoms. The van der Waals surface area contributed by atoms with Crippen molar-refractivity contribution in [3.8, 4) is 17.2 Å². The molecule has 0 bridgehead atoms. The summed E-state index contributed by atoms with van der Waals surface area (Å²) in [5, 5.41) is 19.1. The Kier molecular flexibility index (Phi) is 4.46. The summed E-state index contributed by atoms with van der Waals surface area (Å²) in [6, 6.07) is 6.81. The maximum Gasteiger partial charge on any atom is 0.245 e. The SMILES string of the molecule is C=CC(=O)N1CC2(CCN(c3nc4c(c(-c5c(C)ccc6[nH]ncc56)c3C#N)CC3(CC4)CC3)C2)C1. The molecule has 1 amide bonds. The maximum absolute atomic E-state index is 12.1. The first kappa shape index (κ1) is 21.6. The molecule has 2 aromatic heterocycles. The van der Waals surface area contributed by atoms with Crippen LogP contribution in [0.3, 0.4) is 0 Å². The Balaban J connectivity index is 1.37. The number of pyridine rings is 1. The summed E-state index contributed by atoms with van der Waals surface area (Å²) in [4.78, 5) is 21.5. The summed E-state index contributed by atoms with van der Waals surface area (Å²) in [6.45, 7) is 8.95. The van der Waals surface area contributed by atoms with Gasteiger partial charge in [0.05, 0.1) is 11.7 Å². The van der Waals surface area contributed by atoms with Gasteiger partial charge in [0.25, 0.3) is 0 Å². The van der Waals surface area contributed by atoms with Crippen molar-refractivity contribution in [3.63, 3.8) is 0 Å². The number of H-pyrrole nitrogens is 1. The summed E-state index contributed by atoms with van der Waals surface area (Å²) in [7, 11) is 0. The van der Waals surface area contributed by atoms with Crippen LogP contribution in [0.5, 0.6) is 0 Å². The number of aromatic amines is 1. The minimum atomic E-state index is 0.00340. The van der Waals surface area contributed by atoms with E-state index in [0.29, 0.717) is 11.0 Å². The fourth-order valence-electron chi connectivity index (χ4n) is 7.00. The Hall–Kier alpha value is -3.66. The molecule has 3 aromatic rings. The van der Waals surface area contributed by atoms with E-state index in [-0.39, 0.29) is 11.3 Å². The van der Waals surface area contributed by atoms with Crippen LogP contribution in [0.2, 0.25) is 0 Å². The lowest BCUT2D eigenvalue weighted by molar-refractivity contribution is -0.136. The van der Waals surface area contributed by atoms with Gasteiger partial charge in [-0.3, -0.25) is 9.89 Å². The standard InChI is InChI=1S/C29H30N6O/c1-3-24(36)35-16-29(17-35)10-11-34(15-29)27-20(13-30)26(19-12-28(8-9-28)7-6-22(19)32-27)25-18(2)4-5-23-21(25)14-31-33-23/h3-5,14H,1,6-12,15-17H2,2H3,(H,31,33). The molecule has 7 heteroatoms. The van der Waals surface area contributed by atoms with E-state index in [0.717, 1.165) is 84.5 Å². The number of nitriles is 1. The average Bonchev–Trinajstić information content (AvgIpc) is 3.25. The first-order valence-electron chi connectivity index (χ1n) is 13.0. The third-order valence-corrected chi connectivity index (χ3v) is 9.24. The topological polar surface area (TPSA) is 88.9 Å². The maximum atomic E-state index is 12.1.